The molecule has 0 aromatic heterocycles. The molecule has 2 amide bonds. The Bertz CT molecular complexity index is 1170. The third-order valence-electron chi connectivity index (χ3n) is 6.43. The molecule has 0 saturated carbocycles. The Morgan fingerprint density at radius 3 is 1.43 bits per heavy atom. The highest BCUT2D eigenvalue weighted by Crippen LogP contribution is 2.46. The van der Waals surface area contributed by atoms with Crippen LogP contribution >= 0.6 is 45.1 Å². The van der Waals surface area contributed by atoms with Crippen LogP contribution in [0.5, 0.6) is 11.5 Å². The Labute approximate surface area is 247 Å². The molecule has 4 atom stereocenters. The van der Waals surface area contributed by atoms with Gasteiger partial charge in [0, 0.05) is 47.0 Å². The molecule has 2 fully saturated rings. The summed E-state index contributed by atoms with van der Waals surface area (Å²) in [5.74, 6) is -1.64. The smallest absolute Gasteiger partial charge is 0.327 e. The van der Waals surface area contributed by atoms with Crippen LogP contribution in [-0.2, 0) is 19.2 Å². The van der Waals surface area contributed by atoms with Crippen molar-refractivity contribution < 1.29 is 39.6 Å². The van der Waals surface area contributed by atoms with Crippen molar-refractivity contribution in [1.82, 2.24) is 9.80 Å². The molecule has 14 heteroatoms. The zero-order valence-electron chi connectivity index (χ0n) is 21.1. The normalized spacial score (nSPS) is 22.4. The highest BCUT2D eigenvalue weighted by atomic mass is 33.1. The second kappa shape index (κ2) is 13.8. The van der Waals surface area contributed by atoms with E-state index in [0.717, 1.165) is 0 Å². The van der Waals surface area contributed by atoms with Gasteiger partial charge in [0.25, 0.3) is 0 Å². The van der Waals surface area contributed by atoms with E-state index in [-0.39, 0.29) is 47.7 Å². The molecule has 0 radical (unpaired) electrons. The average molecular weight is 625 g/mol. The van der Waals surface area contributed by atoms with E-state index >= 15 is 0 Å². The molecule has 4 unspecified atom stereocenters. The summed E-state index contributed by atoms with van der Waals surface area (Å²) in [6.45, 7) is 0. The number of carbonyl (C=O) groups excluding carboxylic acids is 2. The number of thioether (sulfide) groups is 2. The Kier molecular flexibility index (Phi) is 10.4. The number of rotatable bonds is 11. The summed E-state index contributed by atoms with van der Waals surface area (Å²) in [5, 5.41) is 38.6. The first-order chi connectivity index (χ1) is 19.2. The predicted molar refractivity (Wildman–Crippen MR) is 157 cm³/mol. The fraction of sp³-hybridized carbons (Fsp3) is 0.385. The molecule has 214 valence electrons. The van der Waals surface area contributed by atoms with Crippen LogP contribution in [0.1, 0.15) is 34.7 Å². The lowest BCUT2D eigenvalue weighted by Crippen LogP contribution is -2.43. The molecule has 2 saturated heterocycles. The molecule has 0 spiro atoms. The van der Waals surface area contributed by atoms with E-state index in [1.54, 1.807) is 36.4 Å². The first kappa shape index (κ1) is 30.3. The molecule has 10 nitrogen and oxygen atoms in total. The maximum absolute atomic E-state index is 13.1. The van der Waals surface area contributed by atoms with E-state index in [0.29, 0.717) is 22.6 Å². The summed E-state index contributed by atoms with van der Waals surface area (Å²) in [6, 6.07) is 11.2. The molecule has 4 rings (SSSR count). The molecule has 0 aliphatic carbocycles. The van der Waals surface area contributed by atoms with Crippen molar-refractivity contribution >= 4 is 68.9 Å². The second-order valence-corrected chi connectivity index (χ2v) is 13.9. The number of phenolic OH excluding ortho intramolecular Hbond substituents is 2. The van der Waals surface area contributed by atoms with Gasteiger partial charge in [-0.2, -0.15) is 0 Å². The van der Waals surface area contributed by atoms with Crippen LogP contribution in [0, 0.1) is 0 Å². The maximum atomic E-state index is 13.1. The van der Waals surface area contributed by atoms with Crippen LogP contribution in [0.4, 0.5) is 0 Å². The van der Waals surface area contributed by atoms with Gasteiger partial charge in [-0.15, -0.1) is 23.5 Å². The lowest BCUT2D eigenvalue weighted by molar-refractivity contribution is -0.149. The van der Waals surface area contributed by atoms with Crippen molar-refractivity contribution in [2.24, 2.45) is 0 Å². The van der Waals surface area contributed by atoms with Gasteiger partial charge in [-0.05, 0) is 12.1 Å². The van der Waals surface area contributed by atoms with Gasteiger partial charge in [0.2, 0.25) is 11.8 Å². The zero-order valence-corrected chi connectivity index (χ0v) is 24.4. The highest BCUT2D eigenvalue weighted by Gasteiger charge is 2.44. The first-order valence-corrected chi connectivity index (χ1v) is 16.9. The minimum Gasteiger partial charge on any atom is -0.508 e. The number of phenols is 2. The standard InChI is InChI=1S/C26H28N2O8S4/c29-19-7-3-1-5-15(19)23-27(17(13-37-23)25(33)34)21(31)9-11-39-40-12-10-22(32)28-18(26(35)36)14-38-24(28)16-6-2-4-8-20(16)30/h1-8,17-18,23-24,29-30H,9-14H2,(H,33,34)(H,35,36). The third kappa shape index (κ3) is 6.78. The van der Waals surface area contributed by atoms with E-state index in [1.165, 1.54) is 67.0 Å². The van der Waals surface area contributed by atoms with E-state index < -0.39 is 34.8 Å². The summed E-state index contributed by atoms with van der Waals surface area (Å²) in [6.07, 6.45) is 0.165. The summed E-state index contributed by atoms with van der Waals surface area (Å²) in [4.78, 5) is 52.4. The van der Waals surface area contributed by atoms with Gasteiger partial charge in [0.15, 0.2) is 0 Å². The minimum atomic E-state index is -1.10. The summed E-state index contributed by atoms with van der Waals surface area (Å²) in [5.41, 5.74) is 0.985. The van der Waals surface area contributed by atoms with Crippen molar-refractivity contribution in [1.29, 1.82) is 0 Å². The van der Waals surface area contributed by atoms with Crippen LogP contribution in [0.3, 0.4) is 0 Å². The number of nitrogens with zero attached hydrogens (tertiary/aromatic N) is 2. The van der Waals surface area contributed by atoms with Gasteiger partial charge in [-0.25, -0.2) is 9.59 Å². The Morgan fingerprint density at radius 1 is 0.700 bits per heavy atom. The predicted octanol–water partition coefficient (Wildman–Crippen LogP) is 4.01. The van der Waals surface area contributed by atoms with E-state index in [4.69, 9.17) is 0 Å². The van der Waals surface area contributed by atoms with Crippen molar-refractivity contribution in [2.45, 2.75) is 35.7 Å². The molecule has 0 bridgehead atoms. The first-order valence-electron chi connectivity index (χ1n) is 12.3. The van der Waals surface area contributed by atoms with Gasteiger partial charge in [-0.1, -0.05) is 58.0 Å². The van der Waals surface area contributed by atoms with Crippen molar-refractivity contribution in [3.05, 3.63) is 59.7 Å². The molecule has 2 aliphatic heterocycles. The molecular weight excluding hydrogens is 597 g/mol. The average Bonchev–Trinajstić information content (AvgIpc) is 3.56. The molecule has 2 heterocycles. The topological polar surface area (TPSA) is 156 Å². The molecule has 4 N–H and O–H groups in total. The number of benzene rings is 2. The lowest BCUT2D eigenvalue weighted by Gasteiger charge is -2.28. The van der Waals surface area contributed by atoms with Gasteiger partial charge < -0.3 is 30.2 Å². The zero-order chi connectivity index (χ0) is 28.8. The van der Waals surface area contributed by atoms with Crippen LogP contribution in [0.2, 0.25) is 0 Å². The Balaban J connectivity index is 1.29. The van der Waals surface area contributed by atoms with Gasteiger partial charge >= 0.3 is 11.9 Å². The van der Waals surface area contributed by atoms with Gasteiger partial charge in [0.05, 0.1) is 0 Å². The maximum Gasteiger partial charge on any atom is 0.327 e. The number of hydrogen-bond acceptors (Lipinski definition) is 10. The van der Waals surface area contributed by atoms with Crippen molar-refractivity contribution in [2.75, 3.05) is 23.0 Å². The third-order valence-corrected chi connectivity index (χ3v) is 11.5. The van der Waals surface area contributed by atoms with E-state index in [1.807, 2.05) is 0 Å². The number of carbonyl (C=O) groups is 4. The van der Waals surface area contributed by atoms with E-state index in [9.17, 15) is 39.6 Å². The highest BCUT2D eigenvalue weighted by molar-refractivity contribution is 8.76. The number of amides is 2. The summed E-state index contributed by atoms with van der Waals surface area (Å²) in [7, 11) is 2.75. The van der Waals surface area contributed by atoms with Gasteiger partial charge in [0.1, 0.15) is 34.3 Å². The number of aliphatic carboxylic acids is 2. The van der Waals surface area contributed by atoms with E-state index in [2.05, 4.69) is 0 Å². The number of para-hydroxylation sites is 2. The van der Waals surface area contributed by atoms with Crippen LogP contribution in [0.15, 0.2) is 48.5 Å². The van der Waals surface area contributed by atoms with Crippen LogP contribution in [0.25, 0.3) is 0 Å². The molecule has 2 aliphatic rings. The Morgan fingerprint density at radius 2 is 1.07 bits per heavy atom. The Hall–Kier alpha value is -2.68. The fourth-order valence-corrected chi connectivity index (χ4v) is 9.41. The fourth-order valence-electron chi connectivity index (χ4n) is 4.51. The quantitative estimate of drug-likeness (QED) is 0.211. The number of aromatic hydroxyl groups is 2. The largest absolute Gasteiger partial charge is 0.508 e. The van der Waals surface area contributed by atoms with Crippen LogP contribution in [-0.4, -0.2) is 89.1 Å². The molecule has 2 aromatic rings. The molecule has 40 heavy (non-hydrogen) atoms. The van der Waals surface area contributed by atoms with Crippen molar-refractivity contribution in [3.8, 4) is 11.5 Å². The monoisotopic (exact) mass is 624 g/mol. The summed E-state index contributed by atoms with van der Waals surface area (Å²) < 4.78 is 0. The van der Waals surface area contributed by atoms with Gasteiger partial charge in [-0.3, -0.25) is 9.59 Å². The number of carboxylic acids is 2. The van der Waals surface area contributed by atoms with Crippen LogP contribution < -0.4 is 0 Å². The lowest BCUT2D eigenvalue weighted by atomic mass is 10.1. The number of carboxylic acid groups (broad SMARTS) is 2. The molecule has 2 aromatic carbocycles. The summed E-state index contributed by atoms with van der Waals surface area (Å²) >= 11 is 2.59. The molecular formula is C26H28N2O8S4. The SMILES string of the molecule is O=C(O)C1CSC(c2ccccc2O)N1C(=O)CCSSCCC(=O)N1C(C(=O)O)CSC1c1ccccc1O. The number of hydrogen-bond donors (Lipinski definition) is 4. The van der Waals surface area contributed by atoms with Crippen molar-refractivity contribution in [3.63, 3.8) is 0 Å². The minimum absolute atomic E-state index is 0.00434. The second-order valence-electron chi connectivity index (χ2n) is 8.94.